The summed E-state index contributed by atoms with van der Waals surface area (Å²) in [4.78, 5) is 0.159. The van der Waals surface area contributed by atoms with Crippen LogP contribution in [-0.2, 0) is 0 Å². The monoisotopic (exact) mass is 239 g/mol. The highest BCUT2D eigenvalue weighted by Crippen LogP contribution is 2.33. The number of nitrogens with one attached hydrogen (secondary N) is 3. The van der Waals surface area contributed by atoms with E-state index in [9.17, 15) is 0 Å². The van der Waals surface area contributed by atoms with Crippen LogP contribution >= 0.6 is 36.0 Å². The molecular weight excluding hydrogens is 222 g/mol. The Bertz CT molecular complexity index is 176. The summed E-state index contributed by atoms with van der Waals surface area (Å²) >= 11 is 5.02. The summed E-state index contributed by atoms with van der Waals surface area (Å²) < 4.78 is 10.0. The van der Waals surface area contributed by atoms with Gasteiger partial charge in [-0.25, -0.2) is 9.44 Å². The first-order valence-corrected chi connectivity index (χ1v) is 6.73. The molecule has 0 amide bonds. The molecule has 0 radical (unpaired) electrons. The molecule has 1 fully saturated rings. The summed E-state index contributed by atoms with van der Waals surface area (Å²) in [6.45, 7) is 8.71. The van der Waals surface area contributed by atoms with E-state index in [0.29, 0.717) is 0 Å². The van der Waals surface area contributed by atoms with Gasteiger partial charge in [-0.05, 0) is 39.1 Å². The molecule has 0 spiro atoms. The van der Waals surface area contributed by atoms with Gasteiger partial charge in [-0.15, -0.1) is 0 Å². The van der Waals surface area contributed by atoms with E-state index in [1.54, 1.807) is 36.0 Å². The third kappa shape index (κ3) is 3.89. The molecule has 1 aliphatic heterocycles. The van der Waals surface area contributed by atoms with E-state index in [0.717, 1.165) is 6.42 Å². The van der Waals surface area contributed by atoms with Gasteiger partial charge >= 0.3 is 0 Å². The third-order valence-corrected chi connectivity index (χ3v) is 5.35. The predicted octanol–water partition coefficient (Wildman–Crippen LogP) is 2.49. The van der Waals surface area contributed by atoms with Gasteiger partial charge in [0.15, 0.2) is 0 Å². The zero-order valence-electron chi connectivity index (χ0n) is 8.43. The van der Waals surface area contributed by atoms with E-state index in [1.165, 1.54) is 0 Å². The molecule has 1 saturated heterocycles. The minimum Gasteiger partial charge on any atom is -0.246 e. The summed E-state index contributed by atoms with van der Waals surface area (Å²) in [7, 11) is 0. The highest BCUT2D eigenvalue weighted by atomic mass is 32.2. The SMILES string of the molecule is CCC1(C)NSC(C)(C)NSNS1. The molecule has 1 unspecified atom stereocenters. The van der Waals surface area contributed by atoms with Gasteiger partial charge in [0, 0.05) is 12.1 Å². The lowest BCUT2D eigenvalue weighted by Gasteiger charge is -2.36. The predicted molar refractivity (Wildman–Crippen MR) is 65.0 cm³/mol. The molecule has 1 rings (SSSR count). The molecule has 0 saturated carbocycles. The second-order valence-electron chi connectivity index (χ2n) is 3.69. The summed E-state index contributed by atoms with van der Waals surface area (Å²) in [6.07, 6.45) is 1.09. The van der Waals surface area contributed by atoms with Crippen LogP contribution in [0.25, 0.3) is 0 Å². The molecule has 0 aromatic carbocycles. The van der Waals surface area contributed by atoms with E-state index in [1.807, 2.05) is 0 Å². The summed E-state index contributed by atoms with van der Waals surface area (Å²) in [5.74, 6) is 0. The minimum absolute atomic E-state index is 0.0507. The van der Waals surface area contributed by atoms with E-state index in [2.05, 4.69) is 41.3 Å². The number of hydrogen-bond donors (Lipinski definition) is 3. The smallest absolute Gasteiger partial charge is 0.0859 e. The second-order valence-corrected chi connectivity index (χ2v) is 7.30. The first-order chi connectivity index (χ1) is 5.97. The largest absolute Gasteiger partial charge is 0.246 e. The van der Waals surface area contributed by atoms with E-state index in [4.69, 9.17) is 0 Å². The van der Waals surface area contributed by atoms with Gasteiger partial charge in [0.25, 0.3) is 0 Å². The molecule has 3 nitrogen and oxygen atoms in total. The Morgan fingerprint density at radius 3 is 2.38 bits per heavy atom. The van der Waals surface area contributed by atoms with Crippen molar-refractivity contribution >= 4 is 36.0 Å². The molecule has 0 bridgehead atoms. The maximum Gasteiger partial charge on any atom is 0.0859 e. The van der Waals surface area contributed by atoms with Crippen LogP contribution in [0.3, 0.4) is 0 Å². The lowest BCUT2D eigenvalue weighted by Crippen LogP contribution is -2.45. The van der Waals surface area contributed by atoms with Crippen LogP contribution in [0.1, 0.15) is 34.1 Å². The average molecular weight is 239 g/mol. The standard InChI is InChI=1S/C7H17N3S3/c1-5-7(4)9-11-6(2,3)8-13-10-12-7/h8-10H,5H2,1-4H3. The van der Waals surface area contributed by atoms with Crippen molar-refractivity contribution in [2.75, 3.05) is 0 Å². The fourth-order valence-electron chi connectivity index (χ4n) is 0.678. The molecule has 0 aromatic rings. The average Bonchev–Trinajstić information content (AvgIpc) is 2.08. The van der Waals surface area contributed by atoms with Crippen molar-refractivity contribution in [1.82, 2.24) is 13.6 Å². The molecule has 6 heteroatoms. The lowest BCUT2D eigenvalue weighted by atomic mass is 10.3. The maximum absolute atomic E-state index is 3.48. The van der Waals surface area contributed by atoms with Gasteiger partial charge in [-0.3, -0.25) is 0 Å². The molecule has 1 atom stereocenters. The lowest BCUT2D eigenvalue weighted by molar-refractivity contribution is 0.589. The highest BCUT2D eigenvalue weighted by molar-refractivity contribution is 8.13. The molecule has 0 aromatic heterocycles. The normalized spacial score (nSPS) is 35.1. The molecule has 13 heavy (non-hydrogen) atoms. The Kier molecular flexibility index (Phi) is 4.28. The summed E-state index contributed by atoms with van der Waals surface area (Å²) in [5, 5.41) is 0. The van der Waals surface area contributed by atoms with Crippen molar-refractivity contribution in [1.29, 1.82) is 0 Å². The van der Waals surface area contributed by atoms with Crippen molar-refractivity contribution in [2.45, 2.75) is 43.9 Å². The minimum atomic E-state index is 0.0507. The van der Waals surface area contributed by atoms with Gasteiger partial charge in [0.1, 0.15) is 0 Å². The first kappa shape index (κ1) is 12.0. The van der Waals surface area contributed by atoms with Crippen LogP contribution in [0.5, 0.6) is 0 Å². The Morgan fingerprint density at radius 2 is 1.77 bits per heavy atom. The van der Waals surface area contributed by atoms with Crippen LogP contribution in [0.2, 0.25) is 0 Å². The van der Waals surface area contributed by atoms with Crippen LogP contribution in [0, 0.1) is 0 Å². The molecule has 0 aliphatic carbocycles. The number of hydrogen-bond acceptors (Lipinski definition) is 6. The topological polar surface area (TPSA) is 36.1 Å². The van der Waals surface area contributed by atoms with Gasteiger partial charge < -0.3 is 0 Å². The fourth-order valence-corrected chi connectivity index (χ4v) is 3.34. The van der Waals surface area contributed by atoms with E-state index < -0.39 is 0 Å². The molecule has 3 N–H and O–H groups in total. The number of rotatable bonds is 1. The Morgan fingerprint density at radius 1 is 1.08 bits per heavy atom. The van der Waals surface area contributed by atoms with Crippen LogP contribution < -0.4 is 13.6 Å². The van der Waals surface area contributed by atoms with E-state index >= 15 is 0 Å². The van der Waals surface area contributed by atoms with Crippen molar-refractivity contribution < 1.29 is 0 Å². The molecular formula is C7H17N3S3. The quantitative estimate of drug-likeness (QED) is 0.610. The van der Waals surface area contributed by atoms with Crippen molar-refractivity contribution in [2.24, 2.45) is 0 Å². The molecule has 1 heterocycles. The summed E-state index contributed by atoms with van der Waals surface area (Å²) in [5.41, 5.74) is 0. The van der Waals surface area contributed by atoms with Crippen LogP contribution in [0.15, 0.2) is 0 Å². The zero-order valence-corrected chi connectivity index (χ0v) is 10.9. The van der Waals surface area contributed by atoms with Crippen molar-refractivity contribution in [3.8, 4) is 0 Å². The van der Waals surface area contributed by atoms with Crippen molar-refractivity contribution in [3.05, 3.63) is 0 Å². The van der Waals surface area contributed by atoms with E-state index in [-0.39, 0.29) is 9.74 Å². The van der Waals surface area contributed by atoms with Crippen molar-refractivity contribution in [3.63, 3.8) is 0 Å². The Balaban J connectivity index is 2.55. The van der Waals surface area contributed by atoms with Crippen LogP contribution in [-0.4, -0.2) is 9.74 Å². The van der Waals surface area contributed by atoms with Gasteiger partial charge in [-0.2, -0.15) is 4.13 Å². The van der Waals surface area contributed by atoms with Gasteiger partial charge in [0.2, 0.25) is 0 Å². The first-order valence-electron chi connectivity index (χ1n) is 4.29. The molecule has 78 valence electrons. The maximum atomic E-state index is 3.48. The zero-order chi connectivity index (χ0) is 9.95. The van der Waals surface area contributed by atoms with Crippen LogP contribution in [0.4, 0.5) is 0 Å². The second kappa shape index (κ2) is 4.63. The van der Waals surface area contributed by atoms with Gasteiger partial charge in [-0.1, -0.05) is 18.9 Å². The summed E-state index contributed by atoms with van der Waals surface area (Å²) in [6, 6.07) is 0. The Labute approximate surface area is 93.5 Å². The Hall–Kier alpha value is 0.930. The highest BCUT2D eigenvalue weighted by Gasteiger charge is 2.29. The fraction of sp³-hybridized carbons (Fsp3) is 1.00. The third-order valence-electron chi connectivity index (χ3n) is 1.80. The van der Waals surface area contributed by atoms with Gasteiger partial charge in [0.05, 0.1) is 9.74 Å². The molecule has 1 aliphatic rings.